The first-order valence-corrected chi connectivity index (χ1v) is 12.0. The Bertz CT molecular complexity index is 1220. The van der Waals surface area contributed by atoms with Crippen LogP contribution in [0.5, 0.6) is 5.75 Å². The highest BCUT2D eigenvalue weighted by atomic mass is 79.9. The van der Waals surface area contributed by atoms with Gasteiger partial charge in [-0.25, -0.2) is 8.42 Å². The first-order valence-electron chi connectivity index (χ1n) is 9.76. The van der Waals surface area contributed by atoms with Crippen molar-refractivity contribution in [2.24, 2.45) is 0 Å². The minimum Gasteiger partial charge on any atom is -0.482 e. The largest absolute Gasteiger partial charge is 0.482 e. The highest BCUT2D eigenvalue weighted by molar-refractivity contribution is 9.10. The van der Waals surface area contributed by atoms with Gasteiger partial charge in [-0.3, -0.25) is 4.79 Å². The Morgan fingerprint density at radius 2 is 2.00 bits per heavy atom. The van der Waals surface area contributed by atoms with Crippen LogP contribution in [0.15, 0.2) is 51.8 Å². The zero-order valence-corrected chi connectivity index (χ0v) is 18.4. The monoisotopic (exact) mass is 489 g/mol. The van der Waals surface area contributed by atoms with Crippen LogP contribution >= 0.6 is 15.9 Å². The first kappa shape index (κ1) is 19.6. The SMILES string of the molecule is O=C1COc2cc(S(=O)(=O)N3CCC[C@H](c4cc5ccccc5[nH]4)C3)c(Br)cc2N1. The maximum Gasteiger partial charge on any atom is 0.262 e. The number of ether oxygens (including phenoxy) is 1. The van der Waals surface area contributed by atoms with Gasteiger partial charge in [0.25, 0.3) is 5.91 Å². The molecule has 0 unspecified atom stereocenters. The molecular weight excluding hydrogens is 470 g/mol. The summed E-state index contributed by atoms with van der Waals surface area (Å²) in [5, 5.41) is 3.82. The second-order valence-corrected chi connectivity index (χ2v) is 10.4. The summed E-state index contributed by atoms with van der Waals surface area (Å²) in [5.41, 5.74) is 2.59. The number of hydrogen-bond acceptors (Lipinski definition) is 4. The lowest BCUT2D eigenvalue weighted by atomic mass is 9.96. The number of para-hydroxylation sites is 1. The topological polar surface area (TPSA) is 91.5 Å². The van der Waals surface area contributed by atoms with Gasteiger partial charge in [0.2, 0.25) is 10.0 Å². The number of H-pyrrole nitrogens is 1. The number of carbonyl (C=O) groups excluding carboxylic acids is 1. The number of halogens is 1. The molecule has 2 aliphatic rings. The molecule has 3 heterocycles. The van der Waals surface area contributed by atoms with E-state index in [-0.39, 0.29) is 23.3 Å². The number of fused-ring (bicyclic) bond motifs is 2. The van der Waals surface area contributed by atoms with Gasteiger partial charge in [-0.2, -0.15) is 4.31 Å². The van der Waals surface area contributed by atoms with Gasteiger partial charge >= 0.3 is 0 Å². The summed E-state index contributed by atoms with van der Waals surface area (Å²) in [7, 11) is -3.73. The fourth-order valence-corrected chi connectivity index (χ4v) is 6.69. The van der Waals surface area contributed by atoms with Crippen molar-refractivity contribution in [3.8, 4) is 5.75 Å². The van der Waals surface area contributed by atoms with E-state index in [9.17, 15) is 13.2 Å². The van der Waals surface area contributed by atoms with Gasteiger partial charge < -0.3 is 15.0 Å². The Hall–Kier alpha value is -2.36. The van der Waals surface area contributed by atoms with Crippen LogP contribution in [0, 0.1) is 0 Å². The predicted molar refractivity (Wildman–Crippen MR) is 117 cm³/mol. The highest BCUT2D eigenvalue weighted by Gasteiger charge is 2.34. The van der Waals surface area contributed by atoms with Crippen molar-refractivity contribution >= 4 is 48.5 Å². The summed E-state index contributed by atoms with van der Waals surface area (Å²) in [6.45, 7) is 0.761. The molecule has 0 saturated carbocycles. The van der Waals surface area contributed by atoms with E-state index in [1.165, 1.54) is 6.07 Å². The lowest BCUT2D eigenvalue weighted by Crippen LogP contribution is -2.39. The van der Waals surface area contributed by atoms with E-state index < -0.39 is 10.0 Å². The van der Waals surface area contributed by atoms with E-state index in [1.54, 1.807) is 10.4 Å². The molecule has 0 spiro atoms. The van der Waals surface area contributed by atoms with Crippen LogP contribution in [0.25, 0.3) is 10.9 Å². The fraction of sp³-hybridized carbons (Fsp3) is 0.286. The number of aromatic amines is 1. The van der Waals surface area contributed by atoms with Crippen LogP contribution in [0.3, 0.4) is 0 Å². The number of aromatic nitrogens is 1. The number of amides is 1. The third-order valence-corrected chi connectivity index (χ3v) is 8.48. The van der Waals surface area contributed by atoms with Crippen LogP contribution in [0.1, 0.15) is 24.5 Å². The van der Waals surface area contributed by atoms with Crippen molar-refractivity contribution in [3.63, 3.8) is 0 Å². The number of rotatable bonds is 3. The van der Waals surface area contributed by atoms with Gasteiger partial charge in [0.05, 0.1) is 5.69 Å². The Morgan fingerprint density at radius 3 is 2.83 bits per heavy atom. The number of benzene rings is 2. The lowest BCUT2D eigenvalue weighted by Gasteiger charge is -2.32. The van der Waals surface area contributed by atoms with Crippen molar-refractivity contribution in [3.05, 3.63) is 52.6 Å². The average molecular weight is 490 g/mol. The maximum atomic E-state index is 13.5. The quantitative estimate of drug-likeness (QED) is 0.584. The van der Waals surface area contributed by atoms with Gasteiger partial charge in [-0.1, -0.05) is 18.2 Å². The Labute approximate surface area is 182 Å². The number of carbonyl (C=O) groups is 1. The average Bonchev–Trinajstić information content (AvgIpc) is 3.17. The predicted octanol–water partition coefficient (Wildman–Crippen LogP) is 3.83. The minimum absolute atomic E-state index is 0.105. The normalized spacial score (nSPS) is 19.9. The van der Waals surface area contributed by atoms with Gasteiger partial charge in [0.1, 0.15) is 10.6 Å². The number of nitrogens with one attached hydrogen (secondary N) is 2. The molecule has 3 aromatic rings. The highest BCUT2D eigenvalue weighted by Crippen LogP contribution is 2.38. The van der Waals surface area contributed by atoms with Crippen LogP contribution in [0.2, 0.25) is 0 Å². The lowest BCUT2D eigenvalue weighted by molar-refractivity contribution is -0.118. The van der Waals surface area contributed by atoms with Gasteiger partial charge in [0.15, 0.2) is 6.61 Å². The third-order valence-electron chi connectivity index (χ3n) is 5.66. The van der Waals surface area contributed by atoms with E-state index in [2.05, 4.69) is 38.4 Å². The number of nitrogens with zero attached hydrogens (tertiary/aromatic N) is 1. The fourth-order valence-electron chi connectivity index (χ4n) is 4.15. The van der Waals surface area contributed by atoms with Crippen LogP contribution in [-0.2, 0) is 14.8 Å². The molecule has 1 amide bonds. The summed E-state index contributed by atoms with van der Waals surface area (Å²) in [5.74, 6) is 0.204. The molecule has 1 aromatic heterocycles. The molecule has 5 rings (SSSR count). The molecule has 2 aromatic carbocycles. The van der Waals surface area contributed by atoms with Gasteiger partial charge in [-0.15, -0.1) is 0 Å². The molecule has 1 fully saturated rings. The Kier molecular flexibility index (Phi) is 4.83. The molecule has 2 aliphatic heterocycles. The summed E-state index contributed by atoms with van der Waals surface area (Å²) in [6.07, 6.45) is 1.72. The van der Waals surface area contributed by atoms with Crippen molar-refractivity contribution in [2.45, 2.75) is 23.7 Å². The molecule has 2 N–H and O–H groups in total. The molecule has 0 bridgehead atoms. The van der Waals surface area contributed by atoms with Crippen LogP contribution in [-0.4, -0.2) is 43.3 Å². The molecule has 30 heavy (non-hydrogen) atoms. The van der Waals surface area contributed by atoms with Crippen LogP contribution in [0.4, 0.5) is 5.69 Å². The maximum absolute atomic E-state index is 13.5. The van der Waals surface area contributed by atoms with Crippen molar-refractivity contribution in [1.82, 2.24) is 9.29 Å². The van der Waals surface area contributed by atoms with Crippen molar-refractivity contribution in [2.75, 3.05) is 25.0 Å². The second kappa shape index (κ2) is 7.40. The molecule has 0 radical (unpaired) electrons. The molecule has 156 valence electrons. The zero-order chi connectivity index (χ0) is 20.9. The summed E-state index contributed by atoms with van der Waals surface area (Å²) < 4.78 is 34.3. The smallest absolute Gasteiger partial charge is 0.262 e. The Morgan fingerprint density at radius 1 is 1.17 bits per heavy atom. The van der Waals surface area contributed by atoms with Crippen molar-refractivity contribution < 1.29 is 17.9 Å². The third kappa shape index (κ3) is 3.40. The first-order chi connectivity index (χ1) is 14.4. The van der Waals surface area contributed by atoms with Gasteiger partial charge in [-0.05, 0) is 52.4 Å². The number of piperidine rings is 1. The van der Waals surface area contributed by atoms with E-state index >= 15 is 0 Å². The molecule has 0 aliphatic carbocycles. The van der Waals surface area contributed by atoms with E-state index in [0.717, 1.165) is 29.4 Å². The number of sulfonamides is 1. The molecule has 9 heteroatoms. The van der Waals surface area contributed by atoms with E-state index in [1.807, 2.05) is 18.2 Å². The zero-order valence-electron chi connectivity index (χ0n) is 16.0. The van der Waals surface area contributed by atoms with Gasteiger partial charge in [0, 0.05) is 40.8 Å². The summed E-state index contributed by atoms with van der Waals surface area (Å²) in [4.78, 5) is 15.1. The van der Waals surface area contributed by atoms with E-state index in [0.29, 0.717) is 29.0 Å². The molecule has 1 atom stereocenters. The Balaban J connectivity index is 1.45. The van der Waals surface area contributed by atoms with E-state index in [4.69, 9.17) is 4.74 Å². The standard InChI is InChI=1S/C21H20BrN3O4S/c22-15-9-18-19(29-12-21(26)24-18)10-20(15)30(27,28)25-7-3-5-14(11-25)17-8-13-4-1-2-6-16(13)23-17/h1-2,4,6,8-10,14,23H,3,5,7,11-12H2,(H,24,26)/t14-/m0/s1. The second-order valence-electron chi connectivity index (χ2n) is 7.63. The number of hydrogen-bond donors (Lipinski definition) is 2. The van der Waals surface area contributed by atoms with Crippen molar-refractivity contribution in [1.29, 1.82) is 0 Å². The summed E-state index contributed by atoms with van der Waals surface area (Å²) >= 11 is 3.36. The summed E-state index contributed by atoms with van der Waals surface area (Å²) in [6, 6.07) is 13.2. The molecule has 1 saturated heterocycles. The minimum atomic E-state index is -3.73. The molecule has 7 nitrogen and oxygen atoms in total. The number of anilines is 1. The molecular formula is C21H20BrN3O4S. The van der Waals surface area contributed by atoms with Crippen LogP contribution < -0.4 is 10.1 Å².